The van der Waals surface area contributed by atoms with Crippen LogP contribution in [-0.4, -0.2) is 40.2 Å². The Hall–Kier alpha value is -2.67. The van der Waals surface area contributed by atoms with E-state index in [-0.39, 0.29) is 6.54 Å². The van der Waals surface area contributed by atoms with Crippen LogP contribution in [-0.2, 0) is 11.3 Å². The first-order valence-corrected chi connectivity index (χ1v) is 7.64. The summed E-state index contributed by atoms with van der Waals surface area (Å²) in [6, 6.07) is 7.96. The molecule has 1 aliphatic heterocycles. The van der Waals surface area contributed by atoms with Crippen molar-refractivity contribution in [3.05, 3.63) is 41.2 Å². The van der Waals surface area contributed by atoms with Gasteiger partial charge in [-0.2, -0.15) is 0 Å². The molecule has 0 saturated heterocycles. The Bertz CT molecular complexity index is 800. The predicted molar refractivity (Wildman–Crippen MR) is 88.1 cm³/mol. The second-order valence-electron chi connectivity index (χ2n) is 5.43. The normalized spacial score (nSPS) is 16.6. The van der Waals surface area contributed by atoms with Crippen molar-refractivity contribution >= 4 is 23.6 Å². The average Bonchev–Trinajstić information content (AvgIpc) is 2.90. The van der Waals surface area contributed by atoms with E-state index in [1.165, 1.54) is 0 Å². The first-order valence-electron chi connectivity index (χ1n) is 7.26. The fourth-order valence-corrected chi connectivity index (χ4v) is 3.32. The minimum atomic E-state index is -1.19. The van der Waals surface area contributed by atoms with Crippen LogP contribution in [0.25, 0.3) is 11.1 Å². The molecule has 1 unspecified atom stereocenters. The Morgan fingerprint density at radius 3 is 2.50 bits per heavy atom. The van der Waals surface area contributed by atoms with Crippen LogP contribution in [0.15, 0.2) is 30.3 Å². The molecule has 3 N–H and O–H groups in total. The van der Waals surface area contributed by atoms with E-state index in [1.54, 1.807) is 29.9 Å². The lowest BCUT2D eigenvalue weighted by atomic mass is 10.1. The Kier molecular flexibility index (Phi) is 4.11. The number of carbonyl (C=O) groups excluding carboxylic acids is 1. The SMILES string of the molecule is COc1ccc(-c2cc3n(c2Cl)CCN(C(=O)O)C3C(N)=O)cc1. The second-order valence-corrected chi connectivity index (χ2v) is 5.79. The number of halogens is 1. The first-order chi connectivity index (χ1) is 11.4. The summed E-state index contributed by atoms with van der Waals surface area (Å²) in [7, 11) is 1.58. The third-order valence-electron chi connectivity index (χ3n) is 4.14. The number of benzene rings is 1. The standard InChI is InChI=1S/C16H16ClN3O4/c1-24-10-4-2-9(3-5-10)11-8-12-13(15(18)21)20(16(22)23)7-6-19(12)14(11)17/h2-5,8,13H,6-7H2,1H3,(H2,18,21)(H,22,23). The molecule has 0 aliphatic carbocycles. The van der Waals surface area contributed by atoms with Crippen LogP contribution in [0.1, 0.15) is 11.7 Å². The van der Waals surface area contributed by atoms with Crippen LogP contribution >= 0.6 is 11.6 Å². The number of amides is 2. The van der Waals surface area contributed by atoms with E-state index in [1.807, 2.05) is 12.1 Å². The van der Waals surface area contributed by atoms with E-state index in [0.29, 0.717) is 28.7 Å². The number of carboxylic acid groups (broad SMARTS) is 1. The Morgan fingerprint density at radius 1 is 1.29 bits per heavy atom. The van der Waals surface area contributed by atoms with Gasteiger partial charge in [-0.1, -0.05) is 23.7 Å². The number of hydrogen-bond donors (Lipinski definition) is 2. The summed E-state index contributed by atoms with van der Waals surface area (Å²) in [6.45, 7) is 0.507. The van der Waals surface area contributed by atoms with Gasteiger partial charge in [0.1, 0.15) is 10.9 Å². The molecule has 2 aromatic rings. The maximum Gasteiger partial charge on any atom is 0.408 e. The molecule has 0 spiro atoms. The highest BCUT2D eigenvalue weighted by atomic mass is 35.5. The number of carbonyl (C=O) groups is 2. The summed E-state index contributed by atoms with van der Waals surface area (Å²) in [4.78, 5) is 24.2. The van der Waals surface area contributed by atoms with E-state index < -0.39 is 18.0 Å². The van der Waals surface area contributed by atoms with Crippen LogP contribution in [0, 0.1) is 0 Å². The molecule has 0 bridgehead atoms. The molecule has 126 valence electrons. The van der Waals surface area contributed by atoms with Gasteiger partial charge in [0.2, 0.25) is 5.91 Å². The number of methoxy groups -OCH3 is 1. The quantitative estimate of drug-likeness (QED) is 0.888. The summed E-state index contributed by atoms with van der Waals surface area (Å²) in [5, 5.41) is 9.75. The van der Waals surface area contributed by atoms with Crippen molar-refractivity contribution in [2.75, 3.05) is 13.7 Å². The fraction of sp³-hybridized carbons (Fsp3) is 0.250. The number of hydrogen-bond acceptors (Lipinski definition) is 3. The topological polar surface area (TPSA) is 97.8 Å². The zero-order chi connectivity index (χ0) is 17.4. The summed E-state index contributed by atoms with van der Waals surface area (Å²) in [5.41, 5.74) is 7.46. The van der Waals surface area contributed by atoms with Crippen molar-refractivity contribution < 1.29 is 19.4 Å². The van der Waals surface area contributed by atoms with Crippen LogP contribution < -0.4 is 10.5 Å². The highest BCUT2D eigenvalue weighted by Gasteiger charge is 2.37. The Morgan fingerprint density at radius 2 is 1.96 bits per heavy atom. The smallest absolute Gasteiger partial charge is 0.408 e. The third kappa shape index (κ3) is 2.56. The summed E-state index contributed by atoms with van der Waals surface area (Å²) >= 11 is 6.46. The van der Waals surface area contributed by atoms with Gasteiger partial charge < -0.3 is 20.1 Å². The predicted octanol–water partition coefficient (Wildman–Crippen LogP) is 2.34. The number of aromatic nitrogens is 1. The maximum absolute atomic E-state index is 11.8. The van der Waals surface area contributed by atoms with E-state index in [2.05, 4.69) is 0 Å². The molecular formula is C16H16ClN3O4. The molecule has 2 heterocycles. The average molecular weight is 350 g/mol. The minimum absolute atomic E-state index is 0.145. The molecule has 0 fully saturated rings. The van der Waals surface area contributed by atoms with Gasteiger partial charge in [-0.05, 0) is 23.8 Å². The lowest BCUT2D eigenvalue weighted by molar-refractivity contribution is -0.123. The van der Waals surface area contributed by atoms with Crippen molar-refractivity contribution in [3.8, 4) is 16.9 Å². The van der Waals surface area contributed by atoms with Gasteiger partial charge in [0.25, 0.3) is 0 Å². The number of nitrogens with two attached hydrogens (primary N) is 1. The van der Waals surface area contributed by atoms with E-state index in [0.717, 1.165) is 10.5 Å². The molecule has 24 heavy (non-hydrogen) atoms. The minimum Gasteiger partial charge on any atom is -0.497 e. The Balaban J connectivity index is 2.08. The number of primary amides is 1. The van der Waals surface area contributed by atoms with Crippen molar-refractivity contribution in [2.45, 2.75) is 12.6 Å². The third-order valence-corrected chi connectivity index (χ3v) is 4.54. The zero-order valence-corrected chi connectivity index (χ0v) is 13.7. The molecule has 8 heteroatoms. The number of nitrogens with zero attached hydrogens (tertiary/aromatic N) is 2. The van der Waals surface area contributed by atoms with Crippen molar-refractivity contribution in [2.24, 2.45) is 5.73 Å². The largest absolute Gasteiger partial charge is 0.497 e. The second kappa shape index (κ2) is 6.09. The molecule has 0 radical (unpaired) electrons. The van der Waals surface area contributed by atoms with Crippen LogP contribution in [0.4, 0.5) is 4.79 Å². The number of rotatable bonds is 3. The maximum atomic E-state index is 11.8. The van der Waals surface area contributed by atoms with Crippen LogP contribution in [0.3, 0.4) is 0 Å². The van der Waals surface area contributed by atoms with Gasteiger partial charge in [0.05, 0.1) is 12.8 Å². The molecule has 0 saturated carbocycles. The van der Waals surface area contributed by atoms with Gasteiger partial charge in [0.15, 0.2) is 6.04 Å². The number of ether oxygens (including phenoxy) is 1. The molecule has 7 nitrogen and oxygen atoms in total. The lowest BCUT2D eigenvalue weighted by Gasteiger charge is -2.33. The zero-order valence-electron chi connectivity index (χ0n) is 12.9. The first kappa shape index (κ1) is 16.2. The Labute approximate surface area is 143 Å². The lowest BCUT2D eigenvalue weighted by Crippen LogP contribution is -2.46. The van der Waals surface area contributed by atoms with Crippen LogP contribution in [0.5, 0.6) is 5.75 Å². The van der Waals surface area contributed by atoms with Gasteiger partial charge in [0, 0.05) is 18.7 Å². The summed E-state index contributed by atoms with van der Waals surface area (Å²) in [6.07, 6.45) is -1.19. The molecule has 2 amide bonds. The molecule has 1 aromatic carbocycles. The molecule has 3 rings (SSSR count). The van der Waals surface area contributed by atoms with Crippen molar-refractivity contribution in [3.63, 3.8) is 0 Å². The molecule has 1 aliphatic rings. The molecule has 1 atom stereocenters. The summed E-state index contributed by atoms with van der Waals surface area (Å²) in [5.74, 6) is -0.0142. The fourth-order valence-electron chi connectivity index (χ4n) is 2.97. The van der Waals surface area contributed by atoms with Gasteiger partial charge in [-0.25, -0.2) is 4.79 Å². The van der Waals surface area contributed by atoms with Gasteiger partial charge >= 0.3 is 6.09 Å². The van der Waals surface area contributed by atoms with Crippen molar-refractivity contribution in [1.82, 2.24) is 9.47 Å². The van der Waals surface area contributed by atoms with E-state index in [9.17, 15) is 14.7 Å². The monoisotopic (exact) mass is 349 g/mol. The van der Waals surface area contributed by atoms with Crippen molar-refractivity contribution in [1.29, 1.82) is 0 Å². The molecular weight excluding hydrogens is 334 g/mol. The van der Waals surface area contributed by atoms with Crippen LogP contribution in [0.2, 0.25) is 5.15 Å². The summed E-state index contributed by atoms with van der Waals surface area (Å²) < 4.78 is 6.87. The highest BCUT2D eigenvalue weighted by molar-refractivity contribution is 6.32. The van der Waals surface area contributed by atoms with E-state index >= 15 is 0 Å². The molecule has 1 aromatic heterocycles. The number of fused-ring (bicyclic) bond motifs is 1. The van der Waals surface area contributed by atoms with Gasteiger partial charge in [-0.3, -0.25) is 9.69 Å². The van der Waals surface area contributed by atoms with E-state index in [4.69, 9.17) is 22.1 Å². The highest BCUT2D eigenvalue weighted by Crippen LogP contribution is 2.38. The van der Waals surface area contributed by atoms with Gasteiger partial charge in [-0.15, -0.1) is 0 Å².